The third kappa shape index (κ3) is 4.53. The lowest BCUT2D eigenvalue weighted by atomic mass is 10.2. The number of thiocarbonyl (C=S) groups is 1. The third-order valence-corrected chi connectivity index (χ3v) is 6.79. The zero-order chi connectivity index (χ0) is 22.0. The van der Waals surface area contributed by atoms with Gasteiger partial charge in [0.25, 0.3) is 11.5 Å². The van der Waals surface area contributed by atoms with Crippen molar-refractivity contribution in [1.82, 2.24) is 14.3 Å². The zero-order valence-corrected chi connectivity index (χ0v) is 19.4. The van der Waals surface area contributed by atoms with Crippen molar-refractivity contribution in [2.24, 2.45) is 0 Å². The molecule has 7 nitrogen and oxygen atoms in total. The van der Waals surface area contributed by atoms with Crippen LogP contribution in [-0.2, 0) is 9.53 Å². The number of aromatic nitrogens is 2. The number of carbonyl (C=O) groups excluding carboxylic acids is 1. The number of fused-ring (bicyclic) bond motifs is 1. The van der Waals surface area contributed by atoms with Crippen LogP contribution in [0, 0.1) is 6.92 Å². The van der Waals surface area contributed by atoms with Crippen molar-refractivity contribution in [2.45, 2.75) is 33.1 Å². The van der Waals surface area contributed by atoms with Crippen molar-refractivity contribution in [3.63, 3.8) is 0 Å². The van der Waals surface area contributed by atoms with E-state index in [0.29, 0.717) is 52.4 Å². The van der Waals surface area contributed by atoms with Crippen LogP contribution < -0.4 is 10.5 Å². The van der Waals surface area contributed by atoms with Crippen molar-refractivity contribution in [2.75, 3.05) is 37.7 Å². The molecule has 0 unspecified atom stereocenters. The summed E-state index contributed by atoms with van der Waals surface area (Å²) in [4.78, 5) is 35.4. The lowest BCUT2D eigenvalue weighted by molar-refractivity contribution is -0.122. The Morgan fingerprint density at radius 3 is 2.77 bits per heavy atom. The molecule has 2 aromatic rings. The molecule has 2 aliphatic rings. The number of amides is 1. The average molecular weight is 459 g/mol. The zero-order valence-electron chi connectivity index (χ0n) is 17.8. The van der Waals surface area contributed by atoms with E-state index in [1.165, 1.54) is 11.8 Å². The number of hydrogen-bond donors (Lipinski definition) is 0. The van der Waals surface area contributed by atoms with Crippen molar-refractivity contribution >= 4 is 51.7 Å². The minimum atomic E-state index is -0.169. The van der Waals surface area contributed by atoms with Crippen LogP contribution in [0.15, 0.2) is 28.0 Å². The quantitative estimate of drug-likeness (QED) is 0.358. The molecule has 0 spiro atoms. The number of anilines is 1. The standard InChI is InChI=1S/C22H26N4O3S2/c1-3-29-12-6-11-25-21(28)17(31-22(25)30)13-16-19(24-9-4-5-10-24)23-18-8-7-15(2)14-26(18)20(16)27/h7-8,13-14H,3-6,9-12H2,1-2H3. The first-order chi connectivity index (χ1) is 15.0. The van der Waals surface area contributed by atoms with Gasteiger partial charge >= 0.3 is 0 Å². The Labute approximate surface area is 191 Å². The van der Waals surface area contributed by atoms with Crippen LogP contribution in [0.5, 0.6) is 0 Å². The van der Waals surface area contributed by atoms with E-state index in [-0.39, 0.29) is 11.5 Å². The molecule has 31 heavy (non-hydrogen) atoms. The summed E-state index contributed by atoms with van der Waals surface area (Å²) in [6.45, 7) is 7.33. The van der Waals surface area contributed by atoms with E-state index in [1.807, 2.05) is 26.0 Å². The van der Waals surface area contributed by atoms with Gasteiger partial charge in [0.2, 0.25) is 0 Å². The first-order valence-corrected chi connectivity index (χ1v) is 11.8. The molecule has 2 aliphatic heterocycles. The van der Waals surface area contributed by atoms with E-state index in [4.69, 9.17) is 21.9 Å². The van der Waals surface area contributed by atoms with Crippen LogP contribution in [0.2, 0.25) is 0 Å². The summed E-state index contributed by atoms with van der Waals surface area (Å²) in [5.74, 6) is 0.487. The summed E-state index contributed by atoms with van der Waals surface area (Å²) in [5.41, 5.74) is 1.85. The van der Waals surface area contributed by atoms with Crippen LogP contribution >= 0.6 is 24.0 Å². The van der Waals surface area contributed by atoms with Crippen LogP contribution in [-0.4, -0.2) is 57.4 Å². The minimum absolute atomic E-state index is 0.160. The van der Waals surface area contributed by atoms with E-state index in [1.54, 1.807) is 21.6 Å². The molecule has 1 amide bonds. The van der Waals surface area contributed by atoms with Crippen molar-refractivity contribution in [3.8, 4) is 0 Å². The normalized spacial score (nSPS) is 18.2. The van der Waals surface area contributed by atoms with E-state index >= 15 is 0 Å². The van der Waals surface area contributed by atoms with Gasteiger partial charge in [-0.05, 0) is 50.8 Å². The SMILES string of the molecule is CCOCCCN1C(=O)C(=Cc2c(N3CCCC3)nc3ccc(C)cn3c2=O)SC1=S. The highest BCUT2D eigenvalue weighted by molar-refractivity contribution is 8.26. The average Bonchev–Trinajstić information content (AvgIpc) is 3.37. The van der Waals surface area contributed by atoms with E-state index in [9.17, 15) is 9.59 Å². The lowest BCUT2D eigenvalue weighted by Gasteiger charge is -2.19. The van der Waals surface area contributed by atoms with E-state index in [0.717, 1.165) is 31.5 Å². The summed E-state index contributed by atoms with van der Waals surface area (Å²) < 4.78 is 7.44. The fourth-order valence-corrected chi connectivity index (χ4v) is 5.13. The summed E-state index contributed by atoms with van der Waals surface area (Å²) in [6.07, 6.45) is 6.31. The molecule has 4 heterocycles. The van der Waals surface area contributed by atoms with Gasteiger partial charge < -0.3 is 9.64 Å². The Morgan fingerprint density at radius 2 is 2.03 bits per heavy atom. The molecule has 0 aliphatic carbocycles. The van der Waals surface area contributed by atoms with Gasteiger partial charge in [-0.2, -0.15) is 0 Å². The summed E-state index contributed by atoms with van der Waals surface area (Å²) in [5, 5.41) is 0. The third-order valence-electron chi connectivity index (χ3n) is 5.41. The number of pyridine rings is 1. The molecule has 0 radical (unpaired) electrons. The maximum atomic E-state index is 13.4. The van der Waals surface area contributed by atoms with Crippen LogP contribution in [0.3, 0.4) is 0 Å². The number of rotatable bonds is 7. The van der Waals surface area contributed by atoms with Gasteiger partial charge in [0.15, 0.2) is 0 Å². The molecule has 4 rings (SSSR count). The molecule has 0 bridgehead atoms. The molecule has 2 aromatic heterocycles. The van der Waals surface area contributed by atoms with Gasteiger partial charge in [-0.3, -0.25) is 18.9 Å². The molecule has 164 valence electrons. The molecule has 2 fully saturated rings. The number of carbonyl (C=O) groups is 1. The Hall–Kier alpha value is -2.23. The Morgan fingerprint density at radius 1 is 1.26 bits per heavy atom. The fourth-order valence-electron chi connectivity index (χ4n) is 3.84. The number of ether oxygens (including phenoxy) is 1. The van der Waals surface area contributed by atoms with Crippen molar-refractivity contribution in [3.05, 3.63) is 44.7 Å². The summed E-state index contributed by atoms with van der Waals surface area (Å²) in [7, 11) is 0. The molecule has 0 N–H and O–H groups in total. The number of aryl methyl sites for hydroxylation is 1. The fraction of sp³-hybridized carbons (Fsp3) is 0.455. The highest BCUT2D eigenvalue weighted by Gasteiger charge is 2.32. The highest BCUT2D eigenvalue weighted by atomic mass is 32.2. The Kier molecular flexibility index (Phi) is 6.74. The molecule has 0 atom stereocenters. The van der Waals surface area contributed by atoms with E-state index in [2.05, 4.69) is 4.90 Å². The topological polar surface area (TPSA) is 67.2 Å². The van der Waals surface area contributed by atoms with Crippen molar-refractivity contribution < 1.29 is 9.53 Å². The maximum absolute atomic E-state index is 13.4. The number of thioether (sulfide) groups is 1. The summed E-state index contributed by atoms with van der Waals surface area (Å²) in [6, 6.07) is 3.81. The molecular weight excluding hydrogens is 432 g/mol. The first kappa shape index (κ1) is 22.0. The lowest BCUT2D eigenvalue weighted by Crippen LogP contribution is -2.30. The monoisotopic (exact) mass is 458 g/mol. The Balaban J connectivity index is 1.73. The number of nitrogens with zero attached hydrogens (tertiary/aromatic N) is 4. The van der Waals surface area contributed by atoms with Gasteiger partial charge in [-0.25, -0.2) is 4.98 Å². The molecule has 2 saturated heterocycles. The molecular formula is C22H26N4O3S2. The predicted molar refractivity (Wildman–Crippen MR) is 129 cm³/mol. The Bertz CT molecular complexity index is 1110. The van der Waals surface area contributed by atoms with Gasteiger partial charge in [0.05, 0.1) is 10.5 Å². The van der Waals surface area contributed by atoms with E-state index < -0.39 is 0 Å². The highest BCUT2D eigenvalue weighted by Crippen LogP contribution is 2.34. The maximum Gasteiger partial charge on any atom is 0.267 e. The van der Waals surface area contributed by atoms with Crippen molar-refractivity contribution in [1.29, 1.82) is 0 Å². The van der Waals surface area contributed by atoms with Crippen LogP contribution in [0.4, 0.5) is 5.82 Å². The molecule has 0 saturated carbocycles. The van der Waals surface area contributed by atoms with Gasteiger partial charge in [-0.1, -0.05) is 30.0 Å². The van der Waals surface area contributed by atoms with Crippen LogP contribution in [0.1, 0.15) is 37.3 Å². The van der Waals surface area contributed by atoms with Gasteiger partial charge in [-0.15, -0.1) is 0 Å². The van der Waals surface area contributed by atoms with Crippen LogP contribution in [0.25, 0.3) is 11.7 Å². The van der Waals surface area contributed by atoms with Gasteiger partial charge in [0, 0.05) is 39.0 Å². The largest absolute Gasteiger partial charge is 0.382 e. The number of hydrogen-bond acceptors (Lipinski definition) is 7. The predicted octanol–water partition coefficient (Wildman–Crippen LogP) is 3.23. The smallest absolute Gasteiger partial charge is 0.267 e. The second-order valence-corrected chi connectivity index (χ2v) is 9.34. The van der Waals surface area contributed by atoms with Gasteiger partial charge in [0.1, 0.15) is 15.8 Å². The molecule has 9 heteroatoms. The second kappa shape index (κ2) is 9.50. The second-order valence-electron chi connectivity index (χ2n) is 7.67. The summed E-state index contributed by atoms with van der Waals surface area (Å²) >= 11 is 6.68. The molecule has 0 aromatic carbocycles. The first-order valence-electron chi connectivity index (χ1n) is 10.6. The minimum Gasteiger partial charge on any atom is -0.382 e.